The monoisotopic (exact) mass is 353 g/mol. The standard InChI is InChI=1S/C14H20BrN5O/c1-9-7-11(10(2)18-17-9)14(21)13-12(15)8-16-20(13)6-5-19(3)4/h7-8,14,21H,5-6H2,1-4H3. The second-order valence-corrected chi connectivity index (χ2v) is 6.19. The number of aliphatic hydroxyl groups excluding tert-OH is 1. The van der Waals surface area contributed by atoms with Crippen molar-refractivity contribution in [2.75, 3.05) is 20.6 Å². The third kappa shape index (κ3) is 3.66. The van der Waals surface area contributed by atoms with Crippen molar-refractivity contribution in [3.8, 4) is 0 Å². The Balaban J connectivity index is 2.36. The van der Waals surface area contributed by atoms with Gasteiger partial charge in [0.25, 0.3) is 0 Å². The van der Waals surface area contributed by atoms with Gasteiger partial charge in [-0.2, -0.15) is 15.3 Å². The van der Waals surface area contributed by atoms with Crippen LogP contribution in [0, 0.1) is 13.8 Å². The predicted molar refractivity (Wildman–Crippen MR) is 84.0 cm³/mol. The molecule has 1 atom stereocenters. The van der Waals surface area contributed by atoms with E-state index in [0.717, 1.165) is 33.7 Å². The first-order valence-electron chi connectivity index (χ1n) is 6.75. The molecule has 2 heterocycles. The SMILES string of the molecule is Cc1cc(C(O)c2c(Br)cnn2CCN(C)C)c(C)nn1. The molecule has 0 fully saturated rings. The van der Waals surface area contributed by atoms with Gasteiger partial charge >= 0.3 is 0 Å². The lowest BCUT2D eigenvalue weighted by Crippen LogP contribution is -2.21. The quantitative estimate of drug-likeness (QED) is 0.885. The smallest absolute Gasteiger partial charge is 0.124 e. The molecule has 2 aromatic heterocycles. The van der Waals surface area contributed by atoms with Crippen LogP contribution in [0.2, 0.25) is 0 Å². The van der Waals surface area contributed by atoms with Gasteiger partial charge in [-0.05, 0) is 49.9 Å². The summed E-state index contributed by atoms with van der Waals surface area (Å²) >= 11 is 3.47. The summed E-state index contributed by atoms with van der Waals surface area (Å²) in [6, 6.07) is 1.86. The third-order valence-electron chi connectivity index (χ3n) is 3.29. The average molecular weight is 354 g/mol. The van der Waals surface area contributed by atoms with Gasteiger partial charge in [0.05, 0.1) is 34.3 Å². The minimum atomic E-state index is -0.779. The highest BCUT2D eigenvalue weighted by molar-refractivity contribution is 9.10. The largest absolute Gasteiger partial charge is 0.382 e. The van der Waals surface area contributed by atoms with Crippen molar-refractivity contribution >= 4 is 15.9 Å². The summed E-state index contributed by atoms with van der Waals surface area (Å²) in [5.74, 6) is 0. The van der Waals surface area contributed by atoms with Crippen molar-refractivity contribution in [2.24, 2.45) is 0 Å². The third-order valence-corrected chi connectivity index (χ3v) is 3.90. The number of halogens is 1. The summed E-state index contributed by atoms with van der Waals surface area (Å²) in [6.07, 6.45) is 0.934. The van der Waals surface area contributed by atoms with E-state index in [2.05, 4.69) is 36.1 Å². The van der Waals surface area contributed by atoms with Crippen molar-refractivity contribution in [3.05, 3.63) is 39.4 Å². The van der Waals surface area contributed by atoms with Crippen LogP contribution < -0.4 is 0 Å². The Hall–Kier alpha value is -1.31. The number of likely N-dealkylation sites (N-methyl/N-ethyl adjacent to an activating group) is 1. The zero-order valence-corrected chi connectivity index (χ0v) is 14.3. The van der Waals surface area contributed by atoms with Gasteiger partial charge in [0.2, 0.25) is 0 Å². The van der Waals surface area contributed by atoms with E-state index >= 15 is 0 Å². The number of hydrogen-bond acceptors (Lipinski definition) is 5. The van der Waals surface area contributed by atoms with Crippen LogP contribution >= 0.6 is 15.9 Å². The Morgan fingerprint density at radius 2 is 2.05 bits per heavy atom. The second-order valence-electron chi connectivity index (χ2n) is 5.33. The molecule has 1 N–H and O–H groups in total. The van der Waals surface area contributed by atoms with E-state index in [1.165, 1.54) is 0 Å². The van der Waals surface area contributed by atoms with Gasteiger partial charge in [0.1, 0.15) is 6.10 Å². The minimum absolute atomic E-state index is 0.710. The van der Waals surface area contributed by atoms with Crippen molar-refractivity contribution in [1.29, 1.82) is 0 Å². The van der Waals surface area contributed by atoms with Gasteiger partial charge < -0.3 is 10.0 Å². The maximum atomic E-state index is 10.7. The zero-order chi connectivity index (χ0) is 15.6. The molecule has 0 aliphatic rings. The molecular weight excluding hydrogens is 334 g/mol. The Labute approximate surface area is 132 Å². The fourth-order valence-corrected chi connectivity index (χ4v) is 2.62. The molecule has 0 radical (unpaired) electrons. The number of nitrogens with zero attached hydrogens (tertiary/aromatic N) is 5. The van der Waals surface area contributed by atoms with Crippen LogP contribution in [0.4, 0.5) is 0 Å². The lowest BCUT2D eigenvalue weighted by molar-refractivity contribution is 0.203. The highest BCUT2D eigenvalue weighted by Crippen LogP contribution is 2.29. The van der Waals surface area contributed by atoms with Crippen LogP contribution in [0.3, 0.4) is 0 Å². The van der Waals surface area contributed by atoms with Crippen LogP contribution in [0.15, 0.2) is 16.7 Å². The fraction of sp³-hybridized carbons (Fsp3) is 0.500. The lowest BCUT2D eigenvalue weighted by Gasteiger charge is -2.17. The molecule has 0 aliphatic heterocycles. The van der Waals surface area contributed by atoms with Crippen LogP contribution in [0.25, 0.3) is 0 Å². The van der Waals surface area contributed by atoms with Gasteiger partial charge in [-0.3, -0.25) is 4.68 Å². The average Bonchev–Trinajstić information content (AvgIpc) is 2.79. The Bertz CT molecular complexity index is 626. The van der Waals surface area contributed by atoms with Crippen LogP contribution in [0.5, 0.6) is 0 Å². The minimum Gasteiger partial charge on any atom is -0.382 e. The predicted octanol–water partition coefficient (Wildman–Crippen LogP) is 1.70. The van der Waals surface area contributed by atoms with Crippen molar-refractivity contribution in [2.45, 2.75) is 26.5 Å². The van der Waals surface area contributed by atoms with Crippen LogP contribution in [0.1, 0.15) is 28.7 Å². The topological polar surface area (TPSA) is 67.1 Å². The van der Waals surface area contributed by atoms with E-state index in [9.17, 15) is 5.11 Å². The summed E-state index contributed by atoms with van der Waals surface area (Å²) in [6.45, 7) is 5.27. The zero-order valence-electron chi connectivity index (χ0n) is 12.7. The van der Waals surface area contributed by atoms with Crippen molar-refractivity contribution < 1.29 is 5.11 Å². The van der Waals surface area contributed by atoms with Gasteiger partial charge in [-0.15, -0.1) is 0 Å². The van der Waals surface area contributed by atoms with E-state index in [0.29, 0.717) is 6.54 Å². The van der Waals surface area contributed by atoms with Crippen LogP contribution in [-0.4, -0.2) is 50.6 Å². The molecule has 7 heteroatoms. The van der Waals surface area contributed by atoms with E-state index in [1.807, 2.05) is 38.7 Å². The molecule has 0 saturated carbocycles. The Morgan fingerprint density at radius 3 is 2.71 bits per heavy atom. The molecular formula is C14H20BrN5O. The van der Waals surface area contributed by atoms with E-state index in [1.54, 1.807) is 6.20 Å². The first-order valence-corrected chi connectivity index (χ1v) is 7.54. The van der Waals surface area contributed by atoms with Crippen molar-refractivity contribution in [1.82, 2.24) is 24.9 Å². The summed E-state index contributed by atoms with van der Waals surface area (Å²) in [4.78, 5) is 2.08. The van der Waals surface area contributed by atoms with Gasteiger partial charge in [-0.25, -0.2) is 0 Å². The summed E-state index contributed by atoms with van der Waals surface area (Å²) < 4.78 is 2.62. The molecule has 0 bridgehead atoms. The van der Waals surface area contributed by atoms with Gasteiger partial charge in [0.15, 0.2) is 0 Å². The normalized spacial score (nSPS) is 12.9. The first-order chi connectivity index (χ1) is 9.90. The number of rotatable bonds is 5. The number of hydrogen-bond donors (Lipinski definition) is 1. The molecule has 0 spiro atoms. The molecule has 0 aliphatic carbocycles. The molecule has 21 heavy (non-hydrogen) atoms. The van der Waals surface area contributed by atoms with Crippen LogP contribution in [-0.2, 0) is 6.54 Å². The van der Waals surface area contributed by atoms with Gasteiger partial charge in [0, 0.05) is 12.1 Å². The molecule has 0 saturated heterocycles. The maximum absolute atomic E-state index is 10.7. The van der Waals surface area contributed by atoms with E-state index in [4.69, 9.17) is 0 Å². The van der Waals surface area contributed by atoms with E-state index < -0.39 is 6.10 Å². The Morgan fingerprint density at radius 1 is 1.33 bits per heavy atom. The maximum Gasteiger partial charge on any atom is 0.124 e. The fourth-order valence-electron chi connectivity index (χ4n) is 2.11. The van der Waals surface area contributed by atoms with Crippen molar-refractivity contribution in [3.63, 3.8) is 0 Å². The number of aryl methyl sites for hydroxylation is 2. The molecule has 0 aromatic carbocycles. The summed E-state index contributed by atoms with van der Waals surface area (Å²) in [5, 5.41) is 23.2. The lowest BCUT2D eigenvalue weighted by atomic mass is 10.1. The molecule has 1 unspecified atom stereocenters. The first kappa shape index (κ1) is 16.1. The molecule has 2 aromatic rings. The Kier molecular flexibility index (Phi) is 5.08. The summed E-state index contributed by atoms with van der Waals surface area (Å²) in [5.41, 5.74) is 3.01. The number of aromatic nitrogens is 4. The summed E-state index contributed by atoms with van der Waals surface area (Å²) in [7, 11) is 4.02. The highest BCUT2D eigenvalue weighted by atomic mass is 79.9. The molecule has 2 rings (SSSR count). The van der Waals surface area contributed by atoms with E-state index in [-0.39, 0.29) is 0 Å². The molecule has 6 nitrogen and oxygen atoms in total. The van der Waals surface area contributed by atoms with Gasteiger partial charge in [-0.1, -0.05) is 0 Å². The molecule has 114 valence electrons. The second kappa shape index (κ2) is 6.64. The molecule has 0 amide bonds. The highest BCUT2D eigenvalue weighted by Gasteiger charge is 2.22. The number of aliphatic hydroxyl groups is 1.